The van der Waals surface area contributed by atoms with Gasteiger partial charge in [-0.2, -0.15) is 4.31 Å². The predicted molar refractivity (Wildman–Crippen MR) is 78.7 cm³/mol. The average molecular weight is 310 g/mol. The van der Waals surface area contributed by atoms with E-state index in [9.17, 15) is 13.2 Å². The van der Waals surface area contributed by atoms with Crippen molar-refractivity contribution < 1.29 is 18.3 Å². The Morgan fingerprint density at radius 1 is 1.33 bits per heavy atom. The van der Waals surface area contributed by atoms with Crippen LogP contribution >= 0.6 is 0 Å². The van der Waals surface area contributed by atoms with Crippen LogP contribution in [0.1, 0.15) is 18.9 Å². The molecule has 0 aliphatic rings. The lowest BCUT2D eigenvalue weighted by atomic mass is 10.2. The first-order valence-electron chi connectivity index (χ1n) is 6.40. The normalized spacial score (nSPS) is 11.0. The predicted octanol–water partition coefficient (Wildman–Crippen LogP) is -0.0836. The van der Waals surface area contributed by atoms with Crippen molar-refractivity contribution in [2.75, 3.05) is 19.7 Å². The molecule has 0 fully saturated rings. The maximum absolute atomic E-state index is 12.3. The summed E-state index contributed by atoms with van der Waals surface area (Å²) in [5, 5.41) is 8.63. The zero-order valence-corrected chi connectivity index (χ0v) is 12.6. The van der Waals surface area contributed by atoms with Gasteiger partial charge in [0.15, 0.2) is 0 Å². The molecule has 0 saturated carbocycles. The Balaban J connectivity index is 2.99. The van der Waals surface area contributed by atoms with Gasteiger partial charge in [-0.25, -0.2) is 8.42 Å². The molecular weight excluding hydrogens is 292 g/mol. The van der Waals surface area contributed by atoms with Gasteiger partial charge in [-0.15, -0.1) is 0 Å². The summed E-state index contributed by atoms with van der Waals surface area (Å²) in [6, 6.07) is 6.02. The molecule has 1 rings (SSSR count). The van der Waals surface area contributed by atoms with Gasteiger partial charge in [0.1, 0.15) is 0 Å². The van der Waals surface area contributed by atoms with Crippen LogP contribution in [0.5, 0.6) is 0 Å². The molecule has 0 heterocycles. The Bertz CT molecular complexity index is 642. The summed E-state index contributed by atoms with van der Waals surface area (Å²) >= 11 is 0. The first kappa shape index (κ1) is 17.2. The third kappa shape index (κ3) is 4.86. The maximum atomic E-state index is 12.3. The number of rotatable bonds is 6. The zero-order chi connectivity index (χ0) is 15.9. The van der Waals surface area contributed by atoms with Crippen molar-refractivity contribution in [1.29, 1.82) is 0 Å². The maximum Gasteiger partial charge on any atom is 0.243 e. The van der Waals surface area contributed by atoms with Crippen LogP contribution in [-0.4, -0.2) is 43.4 Å². The monoisotopic (exact) mass is 310 g/mol. The first-order chi connectivity index (χ1) is 9.91. The average Bonchev–Trinajstić information content (AvgIpc) is 2.45. The molecule has 0 saturated heterocycles. The van der Waals surface area contributed by atoms with Crippen LogP contribution < -0.4 is 5.73 Å². The molecule has 0 bridgehead atoms. The first-order valence-corrected chi connectivity index (χ1v) is 7.84. The van der Waals surface area contributed by atoms with Gasteiger partial charge in [-0.1, -0.05) is 18.8 Å². The molecule has 114 valence electrons. The molecule has 0 aliphatic carbocycles. The standard InChI is InChI=1S/C14H18N2O4S/c1-2-16(11-14(15)18)21(19,20)13-8-6-12(7-9-13)5-3-4-10-17/h6-9,17H,2,4,10-11H2,1H3,(H2,15,18). The Labute approximate surface area is 124 Å². The Hall–Kier alpha value is -1.88. The number of likely N-dealkylation sites (N-methyl/N-ethyl adjacent to an activating group) is 1. The van der Waals surface area contributed by atoms with Crippen LogP contribution in [0, 0.1) is 11.8 Å². The highest BCUT2D eigenvalue weighted by Gasteiger charge is 2.24. The summed E-state index contributed by atoms with van der Waals surface area (Å²) in [7, 11) is -3.74. The molecule has 0 atom stereocenters. The smallest absolute Gasteiger partial charge is 0.243 e. The van der Waals surface area contributed by atoms with Crippen LogP contribution in [0.3, 0.4) is 0 Å². The number of hydrogen-bond donors (Lipinski definition) is 2. The number of aliphatic hydroxyl groups is 1. The van der Waals surface area contributed by atoms with Gasteiger partial charge in [-0.3, -0.25) is 4.79 Å². The highest BCUT2D eigenvalue weighted by atomic mass is 32.2. The molecule has 0 spiro atoms. The molecule has 0 aromatic heterocycles. The van der Waals surface area contributed by atoms with Crippen molar-refractivity contribution in [3.05, 3.63) is 29.8 Å². The van der Waals surface area contributed by atoms with E-state index in [1.54, 1.807) is 19.1 Å². The number of aliphatic hydroxyl groups excluding tert-OH is 1. The topological polar surface area (TPSA) is 101 Å². The quantitative estimate of drug-likeness (QED) is 0.717. The van der Waals surface area contributed by atoms with Gasteiger partial charge in [0.2, 0.25) is 15.9 Å². The number of hydrogen-bond acceptors (Lipinski definition) is 4. The summed E-state index contributed by atoms with van der Waals surface area (Å²) < 4.78 is 25.7. The zero-order valence-electron chi connectivity index (χ0n) is 11.7. The Morgan fingerprint density at radius 3 is 2.43 bits per heavy atom. The molecule has 6 nitrogen and oxygen atoms in total. The third-order valence-corrected chi connectivity index (χ3v) is 4.58. The minimum atomic E-state index is -3.74. The molecule has 0 unspecified atom stereocenters. The third-order valence-electron chi connectivity index (χ3n) is 2.65. The lowest BCUT2D eigenvalue weighted by molar-refractivity contribution is -0.118. The summed E-state index contributed by atoms with van der Waals surface area (Å²) in [5.74, 6) is 4.85. The van der Waals surface area contributed by atoms with Crippen molar-refractivity contribution in [3.8, 4) is 11.8 Å². The summed E-state index contributed by atoms with van der Waals surface area (Å²) in [4.78, 5) is 11.0. The van der Waals surface area contributed by atoms with E-state index in [0.717, 1.165) is 4.31 Å². The largest absolute Gasteiger partial charge is 0.395 e. The second kappa shape index (κ2) is 7.78. The van der Waals surface area contributed by atoms with E-state index in [1.807, 2.05) is 0 Å². The van der Waals surface area contributed by atoms with Crippen molar-refractivity contribution in [1.82, 2.24) is 4.31 Å². The Kier molecular flexibility index (Phi) is 6.37. The van der Waals surface area contributed by atoms with Gasteiger partial charge in [0, 0.05) is 18.5 Å². The van der Waals surface area contributed by atoms with Crippen LogP contribution in [0.25, 0.3) is 0 Å². The van der Waals surface area contributed by atoms with Crippen LogP contribution in [0.4, 0.5) is 0 Å². The van der Waals surface area contributed by atoms with E-state index >= 15 is 0 Å². The molecule has 1 amide bonds. The number of nitrogens with zero attached hydrogens (tertiary/aromatic N) is 1. The number of nitrogens with two attached hydrogens (primary N) is 1. The van der Waals surface area contributed by atoms with Crippen molar-refractivity contribution in [2.45, 2.75) is 18.2 Å². The van der Waals surface area contributed by atoms with Crippen molar-refractivity contribution in [3.63, 3.8) is 0 Å². The van der Waals surface area contributed by atoms with Gasteiger partial charge in [0.05, 0.1) is 18.0 Å². The molecule has 0 aliphatic heterocycles. The number of primary amides is 1. The minimum absolute atomic E-state index is 0.0158. The van der Waals surface area contributed by atoms with E-state index in [2.05, 4.69) is 11.8 Å². The fourth-order valence-electron chi connectivity index (χ4n) is 1.62. The number of carbonyl (C=O) groups is 1. The molecule has 21 heavy (non-hydrogen) atoms. The second-order valence-electron chi connectivity index (χ2n) is 4.20. The summed E-state index contributed by atoms with van der Waals surface area (Å²) in [6.07, 6.45) is 0.363. The highest BCUT2D eigenvalue weighted by molar-refractivity contribution is 7.89. The molecule has 0 radical (unpaired) electrons. The van der Waals surface area contributed by atoms with Gasteiger partial charge >= 0.3 is 0 Å². The van der Waals surface area contributed by atoms with Crippen LogP contribution in [0.15, 0.2) is 29.2 Å². The molecule has 7 heteroatoms. The summed E-state index contributed by atoms with van der Waals surface area (Å²) in [5.41, 5.74) is 5.71. The van der Waals surface area contributed by atoms with E-state index < -0.39 is 15.9 Å². The van der Waals surface area contributed by atoms with E-state index in [-0.39, 0.29) is 24.6 Å². The van der Waals surface area contributed by atoms with Crippen molar-refractivity contribution in [2.24, 2.45) is 5.73 Å². The van der Waals surface area contributed by atoms with Crippen LogP contribution in [-0.2, 0) is 14.8 Å². The minimum Gasteiger partial charge on any atom is -0.395 e. The number of amides is 1. The Morgan fingerprint density at radius 2 is 1.95 bits per heavy atom. The highest BCUT2D eigenvalue weighted by Crippen LogP contribution is 2.15. The van der Waals surface area contributed by atoms with Gasteiger partial charge in [0.25, 0.3) is 0 Å². The van der Waals surface area contributed by atoms with E-state index in [0.29, 0.717) is 12.0 Å². The summed E-state index contributed by atoms with van der Waals surface area (Å²) in [6.45, 7) is 1.42. The van der Waals surface area contributed by atoms with Gasteiger partial charge in [-0.05, 0) is 24.3 Å². The van der Waals surface area contributed by atoms with E-state index in [1.165, 1.54) is 12.1 Å². The fraction of sp³-hybridized carbons (Fsp3) is 0.357. The SMILES string of the molecule is CCN(CC(N)=O)S(=O)(=O)c1ccc(C#CCCO)cc1. The van der Waals surface area contributed by atoms with E-state index in [4.69, 9.17) is 10.8 Å². The van der Waals surface area contributed by atoms with Crippen LogP contribution in [0.2, 0.25) is 0 Å². The molecule has 1 aromatic carbocycles. The number of carbonyl (C=O) groups excluding carboxylic acids is 1. The molecule has 1 aromatic rings. The lowest BCUT2D eigenvalue weighted by Crippen LogP contribution is -2.38. The lowest BCUT2D eigenvalue weighted by Gasteiger charge is -2.18. The van der Waals surface area contributed by atoms with Gasteiger partial charge < -0.3 is 10.8 Å². The molecular formula is C14H18N2O4S. The second-order valence-corrected chi connectivity index (χ2v) is 6.14. The van der Waals surface area contributed by atoms with Crippen molar-refractivity contribution >= 4 is 15.9 Å². The molecule has 3 N–H and O–H groups in total. The number of sulfonamides is 1. The number of benzene rings is 1. The fourth-order valence-corrected chi connectivity index (χ4v) is 3.04.